The van der Waals surface area contributed by atoms with Crippen LogP contribution in [0.4, 0.5) is 4.79 Å². The lowest BCUT2D eigenvalue weighted by molar-refractivity contribution is -0.130. The highest BCUT2D eigenvalue weighted by atomic mass is 79.9. The highest BCUT2D eigenvalue weighted by Gasteiger charge is 2.35. The summed E-state index contributed by atoms with van der Waals surface area (Å²) < 4.78 is 17.6. The van der Waals surface area contributed by atoms with Gasteiger partial charge in [-0.25, -0.2) is 4.79 Å². The van der Waals surface area contributed by atoms with Crippen LogP contribution in [0.3, 0.4) is 0 Å². The molecule has 9 heteroatoms. The largest absolute Gasteiger partial charge is 0.493 e. The van der Waals surface area contributed by atoms with Gasteiger partial charge in [0, 0.05) is 0 Å². The van der Waals surface area contributed by atoms with Crippen LogP contribution in [-0.2, 0) is 22.7 Å². The second kappa shape index (κ2) is 12.6. The number of hydrogen-bond donors (Lipinski definition) is 1. The number of nitrogens with one attached hydrogen (secondary N) is 1. The van der Waals surface area contributed by atoms with E-state index >= 15 is 0 Å². The molecule has 8 nitrogen and oxygen atoms in total. The van der Waals surface area contributed by atoms with Crippen LogP contribution < -0.4 is 19.5 Å². The van der Waals surface area contributed by atoms with Crippen LogP contribution in [0.2, 0.25) is 0 Å². The third-order valence-corrected chi connectivity index (χ3v) is 6.62. The van der Waals surface area contributed by atoms with E-state index < -0.39 is 17.8 Å². The van der Waals surface area contributed by atoms with E-state index in [2.05, 4.69) is 21.2 Å². The molecule has 1 N–H and O–H groups in total. The van der Waals surface area contributed by atoms with E-state index in [-0.39, 0.29) is 12.1 Å². The average molecular weight is 593 g/mol. The molecule has 3 aromatic carbocycles. The number of methoxy groups -OCH3 is 1. The Morgan fingerprint density at radius 1 is 0.897 bits per heavy atom. The topological polar surface area (TPSA) is 94.2 Å². The maximum atomic E-state index is 13.2. The van der Waals surface area contributed by atoms with E-state index in [1.165, 1.54) is 18.7 Å². The Kier molecular flexibility index (Phi) is 9.03. The second-order valence-corrected chi connectivity index (χ2v) is 9.86. The quantitative estimate of drug-likeness (QED) is 0.236. The van der Waals surface area contributed by atoms with Gasteiger partial charge in [0.1, 0.15) is 17.9 Å². The zero-order valence-corrected chi connectivity index (χ0v) is 23.5. The van der Waals surface area contributed by atoms with E-state index in [4.69, 9.17) is 14.2 Å². The number of imide groups is 2. The molecule has 1 aliphatic rings. The number of aryl methyl sites for hydroxylation is 1. The Morgan fingerprint density at radius 3 is 2.31 bits per heavy atom. The molecule has 0 saturated carbocycles. The summed E-state index contributed by atoms with van der Waals surface area (Å²) in [5.41, 5.74) is 3.30. The first-order valence-electron chi connectivity index (χ1n) is 12.5. The van der Waals surface area contributed by atoms with E-state index in [1.807, 2.05) is 38.1 Å². The van der Waals surface area contributed by atoms with Gasteiger partial charge in [-0.2, -0.15) is 0 Å². The summed E-state index contributed by atoms with van der Waals surface area (Å²) in [5, 5.41) is 2.25. The number of barbiturate groups is 1. The average Bonchev–Trinajstić information content (AvgIpc) is 2.93. The molecule has 0 aliphatic carbocycles. The van der Waals surface area contributed by atoms with Crippen molar-refractivity contribution in [1.82, 2.24) is 10.2 Å². The Balaban J connectivity index is 1.50. The molecule has 4 rings (SSSR count). The zero-order valence-electron chi connectivity index (χ0n) is 22.0. The molecule has 1 saturated heterocycles. The summed E-state index contributed by atoms with van der Waals surface area (Å²) in [6.07, 6.45) is 2.30. The maximum Gasteiger partial charge on any atom is 0.331 e. The minimum Gasteiger partial charge on any atom is -0.493 e. The van der Waals surface area contributed by atoms with Crippen LogP contribution in [-0.4, -0.2) is 36.5 Å². The Morgan fingerprint density at radius 2 is 1.62 bits per heavy atom. The number of ether oxygens (including phenoxy) is 3. The van der Waals surface area contributed by atoms with Crippen LogP contribution in [0.1, 0.15) is 35.6 Å². The molecule has 0 bridgehead atoms. The molecule has 0 unspecified atom stereocenters. The number of nitrogens with zero attached hydrogens (tertiary/aromatic N) is 1. The first-order valence-corrected chi connectivity index (χ1v) is 13.2. The van der Waals surface area contributed by atoms with Crippen molar-refractivity contribution < 1.29 is 28.6 Å². The lowest BCUT2D eigenvalue weighted by Gasteiger charge is -2.26. The van der Waals surface area contributed by atoms with Gasteiger partial charge in [-0.05, 0) is 76.3 Å². The van der Waals surface area contributed by atoms with Crippen molar-refractivity contribution in [3.8, 4) is 17.2 Å². The predicted molar refractivity (Wildman–Crippen MR) is 150 cm³/mol. The highest BCUT2D eigenvalue weighted by Crippen LogP contribution is 2.30. The van der Waals surface area contributed by atoms with Crippen molar-refractivity contribution in [2.24, 2.45) is 0 Å². The third-order valence-electron chi connectivity index (χ3n) is 6.00. The van der Waals surface area contributed by atoms with Gasteiger partial charge in [0.15, 0.2) is 11.5 Å². The van der Waals surface area contributed by atoms with Crippen molar-refractivity contribution in [3.05, 3.63) is 93.0 Å². The van der Waals surface area contributed by atoms with Crippen LogP contribution in [0.15, 0.2) is 70.7 Å². The summed E-state index contributed by atoms with van der Waals surface area (Å²) in [6, 6.07) is 17.7. The standard InChI is InChI=1S/C30H29BrN2O6/c1-4-13-38-26-12-10-22(16-27(26)37-3)17-33-29(35)23(28(34)32-30(33)36)14-21-9-11-25(24(31)15-21)39-18-20-7-5-19(2)6-8-20/h5-12,14-16H,4,13,17-18H2,1-3H3,(H,32,34,36)/b23-14+. The summed E-state index contributed by atoms with van der Waals surface area (Å²) in [7, 11) is 1.52. The number of hydrogen-bond acceptors (Lipinski definition) is 6. The van der Waals surface area contributed by atoms with Crippen molar-refractivity contribution in [3.63, 3.8) is 0 Å². The minimum atomic E-state index is -0.784. The van der Waals surface area contributed by atoms with Crippen molar-refractivity contribution in [2.75, 3.05) is 13.7 Å². The number of carbonyl (C=O) groups excluding carboxylic acids is 3. The van der Waals surface area contributed by atoms with Crippen molar-refractivity contribution >= 4 is 39.9 Å². The van der Waals surface area contributed by atoms with Crippen LogP contribution in [0, 0.1) is 6.92 Å². The van der Waals surface area contributed by atoms with Crippen molar-refractivity contribution in [2.45, 2.75) is 33.4 Å². The Bertz CT molecular complexity index is 1420. The molecule has 0 atom stereocenters. The molecule has 0 spiro atoms. The fourth-order valence-corrected chi connectivity index (χ4v) is 4.41. The minimum absolute atomic E-state index is 0.0464. The van der Waals surface area contributed by atoms with Gasteiger partial charge in [-0.1, -0.05) is 48.9 Å². The number of rotatable bonds is 10. The van der Waals surface area contributed by atoms with Gasteiger partial charge in [0.25, 0.3) is 11.8 Å². The molecule has 202 valence electrons. The molecule has 1 fully saturated rings. The molecule has 39 heavy (non-hydrogen) atoms. The van der Waals surface area contributed by atoms with Crippen LogP contribution >= 0.6 is 15.9 Å². The number of urea groups is 1. The molecule has 1 heterocycles. The second-order valence-electron chi connectivity index (χ2n) is 9.01. The molecular weight excluding hydrogens is 564 g/mol. The van der Waals surface area contributed by atoms with Gasteiger partial charge in [-0.15, -0.1) is 0 Å². The first kappa shape index (κ1) is 27.9. The summed E-state index contributed by atoms with van der Waals surface area (Å²) >= 11 is 3.50. The number of benzene rings is 3. The molecular formula is C30H29BrN2O6. The normalized spacial score (nSPS) is 14.4. The lowest BCUT2D eigenvalue weighted by atomic mass is 10.1. The van der Waals surface area contributed by atoms with Crippen LogP contribution in [0.25, 0.3) is 6.08 Å². The summed E-state index contributed by atoms with van der Waals surface area (Å²) in [5.74, 6) is 0.245. The Labute approximate surface area is 235 Å². The summed E-state index contributed by atoms with van der Waals surface area (Å²) in [6.45, 7) is 4.92. The fourth-order valence-electron chi connectivity index (χ4n) is 3.90. The first-order chi connectivity index (χ1) is 18.8. The predicted octanol–water partition coefficient (Wildman–Crippen LogP) is 5.80. The van der Waals surface area contributed by atoms with Crippen LogP contribution in [0.5, 0.6) is 17.2 Å². The number of carbonyl (C=O) groups is 3. The maximum absolute atomic E-state index is 13.2. The van der Waals surface area contributed by atoms with Crippen molar-refractivity contribution in [1.29, 1.82) is 0 Å². The third kappa shape index (κ3) is 6.86. The molecule has 1 aliphatic heterocycles. The van der Waals surface area contributed by atoms with E-state index in [0.29, 0.717) is 46.1 Å². The van der Waals surface area contributed by atoms with Gasteiger partial charge < -0.3 is 14.2 Å². The summed E-state index contributed by atoms with van der Waals surface area (Å²) in [4.78, 5) is 39.4. The van der Waals surface area contributed by atoms with E-state index in [0.717, 1.165) is 16.9 Å². The number of amides is 4. The fraction of sp³-hybridized carbons (Fsp3) is 0.233. The monoisotopic (exact) mass is 592 g/mol. The van der Waals surface area contributed by atoms with E-state index in [1.54, 1.807) is 36.4 Å². The van der Waals surface area contributed by atoms with Gasteiger partial charge >= 0.3 is 6.03 Å². The Hall–Kier alpha value is -4.11. The smallest absolute Gasteiger partial charge is 0.331 e. The van der Waals surface area contributed by atoms with Gasteiger partial charge in [-0.3, -0.25) is 19.8 Å². The molecule has 0 radical (unpaired) electrons. The highest BCUT2D eigenvalue weighted by molar-refractivity contribution is 9.10. The lowest BCUT2D eigenvalue weighted by Crippen LogP contribution is -2.53. The molecule has 4 amide bonds. The van der Waals surface area contributed by atoms with Gasteiger partial charge in [0.05, 0.1) is 24.7 Å². The zero-order chi connectivity index (χ0) is 27.9. The SMILES string of the molecule is CCCOc1ccc(CN2C(=O)NC(=O)/C(=C\c3ccc(OCc4ccc(C)cc4)c(Br)c3)C2=O)cc1OC. The van der Waals surface area contributed by atoms with Gasteiger partial charge in [0.2, 0.25) is 0 Å². The molecule has 3 aromatic rings. The van der Waals surface area contributed by atoms with E-state index in [9.17, 15) is 14.4 Å². The number of halogens is 1. The molecule has 0 aromatic heterocycles.